The van der Waals surface area contributed by atoms with E-state index in [1.807, 2.05) is 54.6 Å². The molecule has 0 aliphatic carbocycles. The summed E-state index contributed by atoms with van der Waals surface area (Å²) in [7, 11) is 0. The first-order valence-electron chi connectivity index (χ1n) is 6.91. The highest BCUT2D eigenvalue weighted by atomic mass is 16.3. The minimum absolute atomic E-state index is 0.663. The van der Waals surface area contributed by atoms with E-state index in [4.69, 9.17) is 4.42 Å². The summed E-state index contributed by atoms with van der Waals surface area (Å²) in [6, 6.07) is 26.4. The molecule has 0 spiro atoms. The quantitative estimate of drug-likeness (QED) is 0.503. The molecule has 2 nitrogen and oxygen atoms in total. The fourth-order valence-electron chi connectivity index (χ4n) is 2.43. The average Bonchev–Trinajstić information content (AvgIpc) is 3.00. The summed E-state index contributed by atoms with van der Waals surface area (Å²) in [5.74, 6) is 0.663. The van der Waals surface area contributed by atoms with Crippen molar-refractivity contribution in [2.75, 3.05) is 0 Å². The Kier molecular flexibility index (Phi) is 2.79. The van der Waals surface area contributed by atoms with Gasteiger partial charge in [0.15, 0.2) is 5.58 Å². The monoisotopic (exact) mass is 271 g/mol. The third-order valence-electron chi connectivity index (χ3n) is 3.53. The number of oxazole rings is 1. The topological polar surface area (TPSA) is 26.0 Å². The zero-order chi connectivity index (χ0) is 14.1. The summed E-state index contributed by atoms with van der Waals surface area (Å²) in [6.07, 6.45) is 0. The second-order valence-corrected chi connectivity index (χ2v) is 4.93. The first-order chi connectivity index (χ1) is 10.4. The van der Waals surface area contributed by atoms with Gasteiger partial charge in [-0.2, -0.15) is 0 Å². The number of nitrogens with zero attached hydrogens (tertiary/aromatic N) is 1. The lowest BCUT2D eigenvalue weighted by Gasteiger charge is -2.02. The van der Waals surface area contributed by atoms with Crippen LogP contribution in [0.1, 0.15) is 0 Å². The molecule has 21 heavy (non-hydrogen) atoms. The highest BCUT2D eigenvalue weighted by Gasteiger charge is 2.07. The molecule has 2 heteroatoms. The molecule has 4 rings (SSSR count). The van der Waals surface area contributed by atoms with Crippen molar-refractivity contribution in [3.63, 3.8) is 0 Å². The van der Waals surface area contributed by atoms with Crippen LogP contribution in [0.5, 0.6) is 0 Å². The number of hydrogen-bond donors (Lipinski definition) is 0. The van der Waals surface area contributed by atoms with E-state index in [0.29, 0.717) is 5.89 Å². The number of hydrogen-bond acceptors (Lipinski definition) is 2. The van der Waals surface area contributed by atoms with Crippen LogP contribution >= 0.6 is 0 Å². The fourth-order valence-corrected chi connectivity index (χ4v) is 2.43. The second kappa shape index (κ2) is 4.91. The molecule has 0 saturated carbocycles. The molecule has 3 aromatic carbocycles. The maximum atomic E-state index is 5.79. The maximum Gasteiger partial charge on any atom is 0.227 e. The molecule has 0 atom stereocenters. The number of benzene rings is 3. The predicted molar refractivity (Wildman–Crippen MR) is 84.9 cm³/mol. The predicted octanol–water partition coefficient (Wildman–Crippen LogP) is 5.16. The summed E-state index contributed by atoms with van der Waals surface area (Å²) < 4.78 is 5.79. The Labute approximate surface area is 122 Å². The largest absolute Gasteiger partial charge is 0.436 e. The minimum Gasteiger partial charge on any atom is -0.436 e. The number of para-hydroxylation sites is 2. The number of aromatic nitrogens is 1. The molecule has 0 saturated heterocycles. The van der Waals surface area contributed by atoms with Crippen molar-refractivity contribution in [1.82, 2.24) is 4.98 Å². The van der Waals surface area contributed by atoms with Gasteiger partial charge < -0.3 is 4.42 Å². The van der Waals surface area contributed by atoms with Crippen LogP contribution < -0.4 is 0 Å². The molecule has 0 amide bonds. The first kappa shape index (κ1) is 11.9. The fraction of sp³-hybridized carbons (Fsp3) is 0. The number of rotatable bonds is 2. The molecule has 1 heterocycles. The van der Waals surface area contributed by atoms with Crippen molar-refractivity contribution >= 4 is 11.1 Å². The van der Waals surface area contributed by atoms with Crippen LogP contribution in [0.4, 0.5) is 0 Å². The van der Waals surface area contributed by atoms with Crippen molar-refractivity contribution in [3.8, 4) is 22.6 Å². The molecular weight excluding hydrogens is 258 g/mol. The Balaban J connectivity index is 1.73. The van der Waals surface area contributed by atoms with Gasteiger partial charge in [0, 0.05) is 5.56 Å². The third-order valence-corrected chi connectivity index (χ3v) is 3.53. The molecule has 100 valence electrons. The Morgan fingerprint density at radius 1 is 0.571 bits per heavy atom. The summed E-state index contributed by atoms with van der Waals surface area (Å²) in [6.45, 7) is 0. The zero-order valence-electron chi connectivity index (χ0n) is 11.4. The summed E-state index contributed by atoms with van der Waals surface area (Å²) in [5, 5.41) is 0. The second-order valence-electron chi connectivity index (χ2n) is 4.93. The van der Waals surface area contributed by atoms with E-state index < -0.39 is 0 Å². The van der Waals surface area contributed by atoms with Crippen LogP contribution in [0.15, 0.2) is 83.3 Å². The molecular formula is C19H13NO. The molecule has 4 aromatic rings. The Bertz CT molecular complexity index is 843. The highest BCUT2D eigenvalue weighted by Crippen LogP contribution is 2.26. The minimum atomic E-state index is 0.663. The van der Waals surface area contributed by atoms with Crippen LogP contribution in [0.3, 0.4) is 0 Å². The molecule has 0 unspecified atom stereocenters. The van der Waals surface area contributed by atoms with Gasteiger partial charge in [-0.3, -0.25) is 0 Å². The van der Waals surface area contributed by atoms with Crippen LogP contribution in [0.2, 0.25) is 0 Å². The van der Waals surface area contributed by atoms with Crippen molar-refractivity contribution < 1.29 is 4.42 Å². The Morgan fingerprint density at radius 2 is 1.19 bits per heavy atom. The van der Waals surface area contributed by atoms with Crippen molar-refractivity contribution in [3.05, 3.63) is 78.9 Å². The molecule has 1 aromatic heterocycles. The van der Waals surface area contributed by atoms with E-state index in [0.717, 1.165) is 16.7 Å². The third kappa shape index (κ3) is 2.21. The van der Waals surface area contributed by atoms with E-state index in [9.17, 15) is 0 Å². The van der Waals surface area contributed by atoms with Gasteiger partial charge >= 0.3 is 0 Å². The van der Waals surface area contributed by atoms with Gasteiger partial charge in [-0.05, 0) is 35.4 Å². The Hall–Kier alpha value is -2.87. The first-order valence-corrected chi connectivity index (χ1v) is 6.91. The molecule has 0 bridgehead atoms. The normalized spacial score (nSPS) is 10.9. The summed E-state index contributed by atoms with van der Waals surface area (Å²) >= 11 is 0. The van der Waals surface area contributed by atoms with Gasteiger partial charge in [-0.1, -0.05) is 54.6 Å². The molecule has 0 radical (unpaired) electrons. The van der Waals surface area contributed by atoms with E-state index in [2.05, 4.69) is 29.2 Å². The van der Waals surface area contributed by atoms with Gasteiger partial charge in [-0.15, -0.1) is 0 Å². The lowest BCUT2D eigenvalue weighted by Crippen LogP contribution is -1.79. The van der Waals surface area contributed by atoms with Crippen LogP contribution in [-0.4, -0.2) is 4.98 Å². The average molecular weight is 271 g/mol. The van der Waals surface area contributed by atoms with Gasteiger partial charge in [-0.25, -0.2) is 4.98 Å². The zero-order valence-corrected chi connectivity index (χ0v) is 11.4. The van der Waals surface area contributed by atoms with Crippen LogP contribution in [-0.2, 0) is 0 Å². The highest BCUT2D eigenvalue weighted by molar-refractivity contribution is 5.76. The van der Waals surface area contributed by atoms with Crippen LogP contribution in [0.25, 0.3) is 33.7 Å². The molecule has 0 N–H and O–H groups in total. The van der Waals surface area contributed by atoms with E-state index in [-0.39, 0.29) is 0 Å². The van der Waals surface area contributed by atoms with E-state index >= 15 is 0 Å². The Morgan fingerprint density at radius 3 is 1.95 bits per heavy atom. The van der Waals surface area contributed by atoms with Crippen molar-refractivity contribution in [2.45, 2.75) is 0 Å². The number of fused-ring (bicyclic) bond motifs is 1. The molecule has 0 aliphatic rings. The van der Waals surface area contributed by atoms with Crippen molar-refractivity contribution in [2.24, 2.45) is 0 Å². The lowest BCUT2D eigenvalue weighted by atomic mass is 10.0. The molecule has 0 fully saturated rings. The standard InChI is InChI=1S/C19H13NO/c1-2-6-14(7-3-1)15-10-12-16(13-11-15)19-20-17-8-4-5-9-18(17)21-19/h1-13H. The van der Waals surface area contributed by atoms with Gasteiger partial charge in [0.05, 0.1) is 0 Å². The molecule has 0 aliphatic heterocycles. The van der Waals surface area contributed by atoms with Gasteiger partial charge in [0.2, 0.25) is 5.89 Å². The van der Waals surface area contributed by atoms with Crippen molar-refractivity contribution in [1.29, 1.82) is 0 Å². The lowest BCUT2D eigenvalue weighted by molar-refractivity contribution is 0.620. The van der Waals surface area contributed by atoms with E-state index in [1.54, 1.807) is 0 Å². The van der Waals surface area contributed by atoms with Gasteiger partial charge in [0.25, 0.3) is 0 Å². The summed E-state index contributed by atoms with van der Waals surface area (Å²) in [4.78, 5) is 4.52. The summed E-state index contributed by atoms with van der Waals surface area (Å²) in [5.41, 5.74) is 5.10. The van der Waals surface area contributed by atoms with Gasteiger partial charge in [0.1, 0.15) is 5.52 Å². The van der Waals surface area contributed by atoms with Crippen LogP contribution in [0, 0.1) is 0 Å². The smallest absolute Gasteiger partial charge is 0.227 e. The maximum absolute atomic E-state index is 5.79. The van der Waals surface area contributed by atoms with E-state index in [1.165, 1.54) is 11.1 Å². The SMILES string of the molecule is c1ccc(-c2ccc(-c3nc4ccccc4o3)cc2)cc1.